The van der Waals surface area contributed by atoms with E-state index in [9.17, 15) is 0 Å². The highest BCUT2D eigenvalue weighted by atomic mass is 127. The number of thiazole rings is 1. The van der Waals surface area contributed by atoms with Gasteiger partial charge >= 0.3 is 0 Å². The molecule has 25 heavy (non-hydrogen) atoms. The highest BCUT2D eigenvalue weighted by Crippen LogP contribution is 2.16. The summed E-state index contributed by atoms with van der Waals surface area (Å²) < 4.78 is 5.67. The highest BCUT2D eigenvalue weighted by molar-refractivity contribution is 14.0. The third-order valence-electron chi connectivity index (χ3n) is 3.47. The molecule has 1 aromatic carbocycles. The van der Waals surface area contributed by atoms with E-state index in [1.807, 2.05) is 26.0 Å². The van der Waals surface area contributed by atoms with Crippen molar-refractivity contribution >= 4 is 41.3 Å². The molecule has 0 bridgehead atoms. The van der Waals surface area contributed by atoms with Crippen LogP contribution in [0.2, 0.25) is 0 Å². The van der Waals surface area contributed by atoms with Crippen LogP contribution in [0.25, 0.3) is 0 Å². The van der Waals surface area contributed by atoms with Crippen molar-refractivity contribution in [2.75, 3.05) is 13.7 Å². The maximum atomic E-state index is 5.67. The van der Waals surface area contributed by atoms with Gasteiger partial charge in [-0.25, -0.2) is 4.98 Å². The Hall–Kier alpha value is -1.35. The first-order valence-corrected chi connectivity index (χ1v) is 9.03. The van der Waals surface area contributed by atoms with Crippen molar-refractivity contribution in [3.05, 3.63) is 45.4 Å². The second kappa shape index (κ2) is 11.3. The van der Waals surface area contributed by atoms with Gasteiger partial charge in [-0.1, -0.05) is 19.1 Å². The monoisotopic (exact) mass is 474 g/mol. The van der Waals surface area contributed by atoms with Gasteiger partial charge in [-0.15, -0.1) is 35.3 Å². The number of nitrogens with one attached hydrogen (secondary N) is 2. The number of benzene rings is 1. The summed E-state index contributed by atoms with van der Waals surface area (Å²) in [5.74, 6) is 1.69. The number of ether oxygens (including phenoxy) is 1. The molecule has 7 heteroatoms. The third kappa shape index (κ3) is 7.19. The molecule has 0 unspecified atom stereocenters. The predicted octanol–water partition coefficient (Wildman–Crippen LogP) is 4.03. The normalized spacial score (nSPS) is 11.0. The average molecular weight is 474 g/mol. The van der Waals surface area contributed by atoms with Gasteiger partial charge in [0.15, 0.2) is 5.96 Å². The zero-order valence-electron chi connectivity index (χ0n) is 15.3. The van der Waals surface area contributed by atoms with Crippen LogP contribution in [0.1, 0.15) is 34.5 Å². The molecular formula is C18H27IN4OS. The van der Waals surface area contributed by atoms with Gasteiger partial charge in [0.2, 0.25) is 0 Å². The maximum Gasteiger partial charge on any atom is 0.191 e. The first-order chi connectivity index (χ1) is 11.6. The molecule has 2 rings (SSSR count). The van der Waals surface area contributed by atoms with E-state index in [2.05, 4.69) is 39.7 Å². The number of rotatable bonds is 7. The molecule has 2 aromatic rings. The van der Waals surface area contributed by atoms with Gasteiger partial charge in [-0.3, -0.25) is 4.99 Å². The Balaban J connectivity index is 0.00000312. The van der Waals surface area contributed by atoms with Gasteiger partial charge in [0.1, 0.15) is 5.75 Å². The second-order valence-corrected chi connectivity index (χ2v) is 6.80. The van der Waals surface area contributed by atoms with Gasteiger partial charge in [0.25, 0.3) is 0 Å². The Morgan fingerprint density at radius 2 is 2.00 bits per heavy atom. The van der Waals surface area contributed by atoms with Crippen LogP contribution in [-0.2, 0) is 13.1 Å². The molecule has 0 aliphatic rings. The number of aryl methyl sites for hydroxylation is 2. The molecule has 138 valence electrons. The van der Waals surface area contributed by atoms with Crippen molar-refractivity contribution in [2.45, 2.75) is 40.3 Å². The van der Waals surface area contributed by atoms with Gasteiger partial charge < -0.3 is 15.4 Å². The summed E-state index contributed by atoms with van der Waals surface area (Å²) in [4.78, 5) is 9.96. The number of nitrogens with zero attached hydrogens (tertiary/aromatic N) is 2. The second-order valence-electron chi connectivity index (χ2n) is 5.52. The van der Waals surface area contributed by atoms with Crippen LogP contribution in [0.3, 0.4) is 0 Å². The lowest BCUT2D eigenvalue weighted by Crippen LogP contribution is -2.36. The molecule has 1 aromatic heterocycles. The molecule has 0 saturated carbocycles. The molecule has 0 fully saturated rings. The van der Waals surface area contributed by atoms with Crippen molar-refractivity contribution in [2.24, 2.45) is 4.99 Å². The SMILES string of the molecule is CCCOc1cccc(CNC(=NC)NCc2sc(C)nc2C)c1.I. The lowest BCUT2D eigenvalue weighted by molar-refractivity contribution is 0.317. The van der Waals surface area contributed by atoms with Crippen LogP contribution in [-0.4, -0.2) is 24.6 Å². The number of hydrogen-bond acceptors (Lipinski definition) is 4. The number of hydrogen-bond donors (Lipinski definition) is 2. The van der Waals surface area contributed by atoms with Crippen LogP contribution in [0.4, 0.5) is 0 Å². The summed E-state index contributed by atoms with van der Waals surface area (Å²) in [5.41, 5.74) is 2.25. The number of halogens is 1. The fourth-order valence-electron chi connectivity index (χ4n) is 2.27. The fraction of sp³-hybridized carbons (Fsp3) is 0.444. The Morgan fingerprint density at radius 3 is 2.64 bits per heavy atom. The van der Waals surface area contributed by atoms with Crippen LogP contribution < -0.4 is 15.4 Å². The van der Waals surface area contributed by atoms with Crippen LogP contribution >= 0.6 is 35.3 Å². The molecule has 0 saturated heterocycles. The summed E-state index contributed by atoms with van der Waals surface area (Å²) in [7, 11) is 1.78. The highest BCUT2D eigenvalue weighted by Gasteiger charge is 2.06. The summed E-state index contributed by atoms with van der Waals surface area (Å²) in [6, 6.07) is 8.14. The Morgan fingerprint density at radius 1 is 1.24 bits per heavy atom. The average Bonchev–Trinajstić information content (AvgIpc) is 2.91. The summed E-state index contributed by atoms with van der Waals surface area (Å²) in [5, 5.41) is 7.76. The Kier molecular flexibility index (Phi) is 9.81. The number of aliphatic imine (C=N–C) groups is 1. The van der Waals surface area contributed by atoms with Gasteiger partial charge in [-0.2, -0.15) is 0 Å². The zero-order valence-corrected chi connectivity index (χ0v) is 18.4. The zero-order chi connectivity index (χ0) is 17.4. The van der Waals surface area contributed by atoms with Crippen LogP contribution in [0.15, 0.2) is 29.3 Å². The molecule has 0 spiro atoms. The van der Waals surface area contributed by atoms with E-state index in [0.717, 1.165) is 47.5 Å². The molecule has 0 aliphatic carbocycles. The van der Waals surface area contributed by atoms with E-state index in [1.54, 1.807) is 18.4 Å². The smallest absolute Gasteiger partial charge is 0.191 e. The Bertz CT molecular complexity index is 687. The van der Waals surface area contributed by atoms with Crippen molar-refractivity contribution in [1.29, 1.82) is 0 Å². The van der Waals surface area contributed by atoms with E-state index in [-0.39, 0.29) is 24.0 Å². The fourth-order valence-corrected chi connectivity index (χ4v) is 3.15. The first kappa shape index (κ1) is 21.7. The molecular weight excluding hydrogens is 447 g/mol. The van der Waals surface area contributed by atoms with Gasteiger partial charge in [0, 0.05) is 18.5 Å². The maximum absolute atomic E-state index is 5.67. The summed E-state index contributed by atoms with van der Waals surface area (Å²) >= 11 is 1.72. The number of aromatic nitrogens is 1. The topological polar surface area (TPSA) is 58.5 Å². The number of guanidine groups is 1. The predicted molar refractivity (Wildman–Crippen MR) is 116 cm³/mol. The minimum absolute atomic E-state index is 0. The molecule has 2 N–H and O–H groups in total. The van der Waals surface area contributed by atoms with Crippen LogP contribution in [0.5, 0.6) is 5.75 Å². The summed E-state index contributed by atoms with van der Waals surface area (Å²) in [6.45, 7) is 8.35. The lowest BCUT2D eigenvalue weighted by atomic mass is 10.2. The van der Waals surface area contributed by atoms with Crippen molar-refractivity contribution in [3.63, 3.8) is 0 Å². The Labute approximate surface area is 171 Å². The van der Waals surface area contributed by atoms with Crippen molar-refractivity contribution < 1.29 is 4.74 Å². The quantitative estimate of drug-likeness (QED) is 0.362. The minimum atomic E-state index is 0. The molecule has 0 atom stereocenters. The van der Waals surface area contributed by atoms with E-state index < -0.39 is 0 Å². The first-order valence-electron chi connectivity index (χ1n) is 8.21. The van der Waals surface area contributed by atoms with Crippen molar-refractivity contribution in [1.82, 2.24) is 15.6 Å². The third-order valence-corrected chi connectivity index (χ3v) is 4.54. The molecule has 0 radical (unpaired) electrons. The lowest BCUT2D eigenvalue weighted by Gasteiger charge is -2.12. The van der Waals surface area contributed by atoms with E-state index in [4.69, 9.17) is 4.74 Å². The minimum Gasteiger partial charge on any atom is -0.494 e. The molecule has 5 nitrogen and oxygen atoms in total. The molecule has 0 aliphatic heterocycles. The van der Waals surface area contributed by atoms with Gasteiger partial charge in [-0.05, 0) is 38.0 Å². The van der Waals surface area contributed by atoms with E-state index >= 15 is 0 Å². The molecule has 1 heterocycles. The molecule has 0 amide bonds. The van der Waals surface area contributed by atoms with Crippen molar-refractivity contribution in [3.8, 4) is 5.75 Å². The standard InChI is InChI=1S/C18H26N4OS.HI/c1-5-9-23-16-8-6-7-15(10-16)11-20-18(19-4)21-12-17-13(2)22-14(3)24-17;/h6-8,10H,5,9,11-12H2,1-4H3,(H2,19,20,21);1H. The van der Waals surface area contributed by atoms with Gasteiger partial charge in [0.05, 0.1) is 23.9 Å². The van der Waals surface area contributed by atoms with E-state index in [1.165, 1.54) is 4.88 Å². The summed E-state index contributed by atoms with van der Waals surface area (Å²) in [6.07, 6.45) is 1.01. The van der Waals surface area contributed by atoms with Crippen LogP contribution in [0, 0.1) is 13.8 Å². The largest absolute Gasteiger partial charge is 0.494 e. The van der Waals surface area contributed by atoms with E-state index in [0.29, 0.717) is 6.54 Å².